The SMILES string of the molecule is COc1ccc(C(=O)O)c(C=C(CS)B2OC(C)(C)C(C)(C)O2)c1. The predicted molar refractivity (Wildman–Crippen MR) is 97.9 cm³/mol. The Hall–Kier alpha value is -1.44. The third-order valence-corrected chi connectivity index (χ3v) is 4.93. The van der Waals surface area contributed by atoms with E-state index >= 15 is 0 Å². The van der Waals surface area contributed by atoms with E-state index in [1.54, 1.807) is 18.2 Å². The Balaban J connectivity index is 2.43. The zero-order valence-corrected chi connectivity index (χ0v) is 15.5. The van der Waals surface area contributed by atoms with Crippen LogP contribution in [0.2, 0.25) is 0 Å². The molecular weight excluding hydrogens is 327 g/mol. The maximum atomic E-state index is 11.5. The van der Waals surface area contributed by atoms with Crippen molar-refractivity contribution in [2.75, 3.05) is 12.9 Å². The van der Waals surface area contributed by atoms with Gasteiger partial charge in [0.2, 0.25) is 0 Å². The molecule has 24 heavy (non-hydrogen) atoms. The van der Waals surface area contributed by atoms with Crippen LogP contribution in [0.4, 0.5) is 0 Å². The van der Waals surface area contributed by atoms with Gasteiger partial charge >= 0.3 is 13.1 Å². The van der Waals surface area contributed by atoms with Gasteiger partial charge < -0.3 is 19.2 Å². The largest absolute Gasteiger partial charge is 0.497 e. The van der Waals surface area contributed by atoms with Gasteiger partial charge in [0, 0.05) is 5.75 Å². The first-order valence-corrected chi connectivity index (χ1v) is 8.33. The lowest BCUT2D eigenvalue weighted by Gasteiger charge is -2.32. The molecular formula is C17H23BO5S. The van der Waals surface area contributed by atoms with Crippen molar-refractivity contribution in [3.05, 3.63) is 34.8 Å². The first-order valence-electron chi connectivity index (χ1n) is 7.69. The molecule has 7 heteroatoms. The topological polar surface area (TPSA) is 65.0 Å². The van der Waals surface area contributed by atoms with Crippen molar-refractivity contribution in [2.24, 2.45) is 0 Å². The molecule has 0 aliphatic carbocycles. The molecule has 1 heterocycles. The number of benzene rings is 1. The number of thiol groups is 1. The molecule has 1 aliphatic heterocycles. The van der Waals surface area contributed by atoms with Crippen LogP contribution < -0.4 is 4.74 Å². The highest BCUT2D eigenvalue weighted by Gasteiger charge is 2.52. The molecule has 2 rings (SSSR count). The monoisotopic (exact) mass is 350 g/mol. The lowest BCUT2D eigenvalue weighted by atomic mass is 9.78. The summed E-state index contributed by atoms with van der Waals surface area (Å²) in [4.78, 5) is 11.5. The van der Waals surface area contributed by atoms with Gasteiger partial charge in [0.15, 0.2) is 0 Å². The molecule has 1 aromatic carbocycles. The summed E-state index contributed by atoms with van der Waals surface area (Å²) in [6.07, 6.45) is 1.75. The average molecular weight is 350 g/mol. The van der Waals surface area contributed by atoms with Crippen LogP contribution >= 0.6 is 12.6 Å². The molecule has 0 saturated carbocycles. The fourth-order valence-corrected chi connectivity index (χ4v) is 2.60. The number of hydrogen-bond acceptors (Lipinski definition) is 5. The molecule has 1 aromatic rings. The Bertz CT molecular complexity index is 653. The van der Waals surface area contributed by atoms with Crippen molar-refractivity contribution in [1.29, 1.82) is 0 Å². The second-order valence-corrected chi connectivity index (χ2v) is 7.04. The van der Waals surface area contributed by atoms with Gasteiger partial charge in [-0.2, -0.15) is 12.6 Å². The van der Waals surface area contributed by atoms with Gasteiger partial charge in [0.25, 0.3) is 0 Å². The minimum Gasteiger partial charge on any atom is -0.497 e. The number of rotatable bonds is 5. The number of carboxylic acid groups (broad SMARTS) is 1. The van der Waals surface area contributed by atoms with Crippen LogP contribution in [-0.2, 0) is 9.31 Å². The number of carbonyl (C=O) groups is 1. The molecule has 1 saturated heterocycles. The first-order chi connectivity index (χ1) is 11.1. The highest BCUT2D eigenvalue weighted by atomic mass is 32.1. The summed E-state index contributed by atoms with van der Waals surface area (Å²) in [5.41, 5.74) is 0.535. The van der Waals surface area contributed by atoms with Gasteiger partial charge in [-0.15, -0.1) is 0 Å². The van der Waals surface area contributed by atoms with Gasteiger partial charge in [-0.3, -0.25) is 0 Å². The van der Waals surface area contributed by atoms with Crippen LogP contribution in [-0.4, -0.2) is 42.3 Å². The fourth-order valence-electron chi connectivity index (χ4n) is 2.36. The normalized spacial score (nSPS) is 19.4. The summed E-state index contributed by atoms with van der Waals surface area (Å²) in [7, 11) is 0.970. The summed E-state index contributed by atoms with van der Waals surface area (Å²) < 4.78 is 17.2. The lowest BCUT2D eigenvalue weighted by Crippen LogP contribution is -2.41. The third kappa shape index (κ3) is 3.63. The zero-order valence-electron chi connectivity index (χ0n) is 14.6. The molecule has 130 valence electrons. The first kappa shape index (κ1) is 18.9. The lowest BCUT2D eigenvalue weighted by molar-refractivity contribution is 0.00578. The number of ether oxygens (including phenoxy) is 1. The minimum atomic E-state index is -1.00. The second kappa shape index (κ2) is 6.82. The van der Waals surface area contributed by atoms with Crippen LogP contribution in [0.15, 0.2) is 23.7 Å². The molecule has 0 unspecified atom stereocenters. The Kier molecular flexibility index (Phi) is 5.37. The van der Waals surface area contributed by atoms with E-state index in [1.807, 2.05) is 27.7 Å². The molecule has 0 aromatic heterocycles. The van der Waals surface area contributed by atoms with E-state index in [0.29, 0.717) is 17.1 Å². The smallest absolute Gasteiger partial charge is 0.491 e. The Labute approximate surface area is 148 Å². The molecule has 0 amide bonds. The van der Waals surface area contributed by atoms with E-state index < -0.39 is 24.3 Å². The van der Waals surface area contributed by atoms with Crippen molar-refractivity contribution >= 4 is 31.8 Å². The summed E-state index contributed by atoms with van der Waals surface area (Å²) in [6, 6.07) is 4.82. The van der Waals surface area contributed by atoms with Crippen molar-refractivity contribution < 1.29 is 23.9 Å². The number of aromatic carboxylic acids is 1. The van der Waals surface area contributed by atoms with E-state index in [4.69, 9.17) is 14.0 Å². The maximum absolute atomic E-state index is 11.5. The molecule has 5 nitrogen and oxygen atoms in total. The number of hydrogen-bond donors (Lipinski definition) is 2. The molecule has 0 spiro atoms. The van der Waals surface area contributed by atoms with Crippen LogP contribution in [0, 0.1) is 0 Å². The van der Waals surface area contributed by atoms with Crippen molar-refractivity contribution in [2.45, 2.75) is 38.9 Å². The van der Waals surface area contributed by atoms with Crippen LogP contribution in [0.25, 0.3) is 6.08 Å². The average Bonchev–Trinajstić information content (AvgIpc) is 2.72. The molecule has 1 fully saturated rings. The third-order valence-electron chi connectivity index (χ3n) is 4.57. The molecule has 0 radical (unpaired) electrons. The van der Waals surface area contributed by atoms with Crippen LogP contribution in [0.5, 0.6) is 5.75 Å². The highest BCUT2D eigenvalue weighted by Crippen LogP contribution is 2.39. The van der Waals surface area contributed by atoms with Gasteiger partial charge in [-0.05, 0) is 56.9 Å². The van der Waals surface area contributed by atoms with Gasteiger partial charge in [-0.25, -0.2) is 4.79 Å². The maximum Gasteiger partial charge on any atom is 0.491 e. The minimum absolute atomic E-state index is 0.187. The van der Waals surface area contributed by atoms with Crippen LogP contribution in [0.3, 0.4) is 0 Å². The van der Waals surface area contributed by atoms with Crippen molar-refractivity contribution in [3.63, 3.8) is 0 Å². The second-order valence-electron chi connectivity index (χ2n) is 6.72. The molecule has 1 aliphatic rings. The molecule has 0 atom stereocenters. The van der Waals surface area contributed by atoms with E-state index in [-0.39, 0.29) is 5.56 Å². The van der Waals surface area contributed by atoms with E-state index in [2.05, 4.69) is 12.6 Å². The van der Waals surface area contributed by atoms with Gasteiger partial charge in [0.05, 0.1) is 23.9 Å². The Morgan fingerprint density at radius 1 is 1.29 bits per heavy atom. The quantitative estimate of drug-likeness (QED) is 0.630. The number of carboxylic acids is 1. The Morgan fingerprint density at radius 2 is 1.88 bits per heavy atom. The van der Waals surface area contributed by atoms with E-state index in [0.717, 1.165) is 5.47 Å². The summed E-state index contributed by atoms with van der Waals surface area (Å²) in [6.45, 7) is 7.88. The van der Waals surface area contributed by atoms with Gasteiger partial charge in [0.1, 0.15) is 5.75 Å². The summed E-state index contributed by atoms with van der Waals surface area (Å²) >= 11 is 4.36. The summed E-state index contributed by atoms with van der Waals surface area (Å²) in [5, 5.41) is 9.39. The Morgan fingerprint density at radius 3 is 2.33 bits per heavy atom. The van der Waals surface area contributed by atoms with E-state index in [1.165, 1.54) is 13.2 Å². The highest BCUT2D eigenvalue weighted by molar-refractivity contribution is 7.80. The predicted octanol–water partition coefficient (Wildman–Crippen LogP) is 3.34. The van der Waals surface area contributed by atoms with E-state index in [9.17, 15) is 9.90 Å². The van der Waals surface area contributed by atoms with Gasteiger partial charge in [-0.1, -0.05) is 6.08 Å². The molecule has 0 bridgehead atoms. The molecule has 1 N–H and O–H groups in total. The van der Waals surface area contributed by atoms with Crippen LogP contribution in [0.1, 0.15) is 43.6 Å². The number of methoxy groups -OCH3 is 1. The van der Waals surface area contributed by atoms with Crippen molar-refractivity contribution in [3.8, 4) is 5.75 Å². The van der Waals surface area contributed by atoms with Crippen molar-refractivity contribution in [1.82, 2.24) is 0 Å². The standard InChI is InChI=1S/C17H23BO5S/c1-16(2)17(3,4)23-18(22-16)12(10-24)8-11-9-13(21-5)6-7-14(11)15(19)20/h6-9,24H,10H2,1-5H3,(H,19,20). The zero-order chi connectivity index (χ0) is 18.1. The fraction of sp³-hybridized carbons (Fsp3) is 0.471. The summed E-state index contributed by atoms with van der Waals surface area (Å²) in [5.74, 6) is -0.0392.